The van der Waals surface area contributed by atoms with Crippen molar-refractivity contribution in [2.75, 3.05) is 32.4 Å². The lowest BCUT2D eigenvalue weighted by atomic mass is 10.2. The van der Waals surface area contributed by atoms with Crippen LogP contribution in [0, 0.1) is 0 Å². The number of sulfonamides is 1. The highest BCUT2D eigenvalue weighted by Gasteiger charge is 2.26. The molecule has 0 aliphatic carbocycles. The molecule has 2 aromatic rings. The number of hydrogen-bond acceptors (Lipinski definition) is 5. The zero-order valence-electron chi connectivity index (χ0n) is 13.3. The van der Waals surface area contributed by atoms with E-state index in [1.165, 1.54) is 15.2 Å². The van der Waals surface area contributed by atoms with E-state index in [0.29, 0.717) is 24.0 Å². The van der Waals surface area contributed by atoms with Gasteiger partial charge in [0.05, 0.1) is 23.5 Å². The van der Waals surface area contributed by atoms with Gasteiger partial charge in [0.25, 0.3) is 5.56 Å². The standard InChI is InChI=1S/C15H18N4O4S/c1-24(22,23)19-8-6-17(7-9-19)14(20)10-18-11-16-13-5-3-2-4-12(13)15(18)21/h2-5,11H,6-10H2,1H3. The fraction of sp³-hybridized carbons (Fsp3) is 0.400. The van der Waals surface area contributed by atoms with Gasteiger partial charge in [0.15, 0.2) is 0 Å². The first-order valence-corrected chi connectivity index (χ1v) is 9.38. The molecule has 0 atom stereocenters. The number of piperazine rings is 1. The maximum absolute atomic E-state index is 12.4. The van der Waals surface area contributed by atoms with Gasteiger partial charge in [0, 0.05) is 26.2 Å². The van der Waals surface area contributed by atoms with Crippen molar-refractivity contribution in [3.8, 4) is 0 Å². The van der Waals surface area contributed by atoms with Crippen LogP contribution in [0.15, 0.2) is 35.4 Å². The molecular weight excluding hydrogens is 332 g/mol. The van der Waals surface area contributed by atoms with Gasteiger partial charge < -0.3 is 4.90 Å². The Balaban J connectivity index is 1.72. The Kier molecular flexibility index (Phi) is 4.37. The predicted octanol–water partition coefficient (Wildman–Crippen LogP) is -0.500. The second kappa shape index (κ2) is 6.33. The predicted molar refractivity (Wildman–Crippen MR) is 89.0 cm³/mol. The Hall–Kier alpha value is -2.26. The van der Waals surface area contributed by atoms with E-state index in [-0.39, 0.29) is 31.1 Å². The average molecular weight is 350 g/mol. The number of aromatic nitrogens is 2. The second-order valence-corrected chi connectivity index (χ2v) is 7.72. The van der Waals surface area contributed by atoms with Crippen LogP contribution in [-0.2, 0) is 21.4 Å². The van der Waals surface area contributed by atoms with Crippen molar-refractivity contribution in [1.29, 1.82) is 0 Å². The molecule has 1 fully saturated rings. The summed E-state index contributed by atoms with van der Waals surface area (Å²) in [4.78, 5) is 30.5. The van der Waals surface area contributed by atoms with Gasteiger partial charge in [0.2, 0.25) is 15.9 Å². The number of nitrogens with zero attached hydrogens (tertiary/aromatic N) is 4. The van der Waals surface area contributed by atoms with Crippen LogP contribution in [0.3, 0.4) is 0 Å². The molecule has 0 N–H and O–H groups in total. The van der Waals surface area contributed by atoms with Gasteiger partial charge in [-0.25, -0.2) is 13.4 Å². The normalized spacial score (nSPS) is 16.5. The van der Waals surface area contributed by atoms with Crippen LogP contribution >= 0.6 is 0 Å². The minimum Gasteiger partial charge on any atom is -0.338 e. The molecule has 0 bridgehead atoms. The van der Waals surface area contributed by atoms with Crippen LogP contribution in [0.25, 0.3) is 10.9 Å². The third kappa shape index (κ3) is 3.31. The quantitative estimate of drug-likeness (QED) is 0.744. The zero-order chi connectivity index (χ0) is 17.3. The molecule has 8 nitrogen and oxygen atoms in total. The summed E-state index contributed by atoms with van der Waals surface area (Å²) < 4.78 is 25.6. The Morgan fingerprint density at radius 2 is 1.83 bits per heavy atom. The van der Waals surface area contributed by atoms with Gasteiger partial charge in [0.1, 0.15) is 6.54 Å². The van der Waals surface area contributed by atoms with E-state index in [2.05, 4.69) is 4.98 Å². The molecule has 0 spiro atoms. The summed E-state index contributed by atoms with van der Waals surface area (Å²) in [6.07, 6.45) is 2.53. The molecule has 1 aliphatic heterocycles. The van der Waals surface area contributed by atoms with E-state index in [9.17, 15) is 18.0 Å². The topological polar surface area (TPSA) is 92.6 Å². The molecular formula is C15H18N4O4S. The number of amides is 1. The molecule has 9 heteroatoms. The van der Waals surface area contributed by atoms with E-state index < -0.39 is 10.0 Å². The molecule has 2 heterocycles. The minimum atomic E-state index is -3.23. The van der Waals surface area contributed by atoms with Crippen molar-refractivity contribution in [2.45, 2.75) is 6.54 Å². The van der Waals surface area contributed by atoms with Crippen molar-refractivity contribution >= 4 is 26.8 Å². The highest BCUT2D eigenvalue weighted by Crippen LogP contribution is 2.08. The number of para-hydroxylation sites is 1. The molecule has 24 heavy (non-hydrogen) atoms. The maximum Gasteiger partial charge on any atom is 0.261 e. The molecule has 1 aliphatic rings. The SMILES string of the molecule is CS(=O)(=O)N1CCN(C(=O)Cn2cnc3ccccc3c2=O)CC1. The van der Waals surface area contributed by atoms with Gasteiger partial charge in [-0.2, -0.15) is 4.31 Å². The molecule has 1 saturated heterocycles. The number of rotatable bonds is 3. The fourth-order valence-corrected chi connectivity index (χ4v) is 3.56. The van der Waals surface area contributed by atoms with E-state index in [4.69, 9.17) is 0 Å². The highest BCUT2D eigenvalue weighted by atomic mass is 32.2. The summed E-state index contributed by atoms with van der Waals surface area (Å²) in [6.45, 7) is 1.09. The van der Waals surface area contributed by atoms with E-state index in [1.54, 1.807) is 29.2 Å². The van der Waals surface area contributed by atoms with E-state index >= 15 is 0 Å². The second-order valence-electron chi connectivity index (χ2n) is 5.74. The van der Waals surface area contributed by atoms with Gasteiger partial charge in [-0.05, 0) is 12.1 Å². The van der Waals surface area contributed by atoms with Gasteiger partial charge >= 0.3 is 0 Å². The van der Waals surface area contributed by atoms with Crippen LogP contribution < -0.4 is 5.56 Å². The number of carbonyl (C=O) groups excluding carboxylic acids is 1. The Bertz CT molecular complexity index is 930. The third-order valence-corrected chi connectivity index (χ3v) is 5.40. The van der Waals surface area contributed by atoms with Gasteiger partial charge in [-0.3, -0.25) is 14.2 Å². The van der Waals surface area contributed by atoms with Crippen LogP contribution in [0.1, 0.15) is 0 Å². The first-order chi connectivity index (χ1) is 11.4. The van der Waals surface area contributed by atoms with E-state index in [0.717, 1.165) is 6.26 Å². The molecule has 1 aromatic heterocycles. The Morgan fingerprint density at radius 3 is 2.50 bits per heavy atom. The summed E-state index contributed by atoms with van der Waals surface area (Å²) in [5.41, 5.74) is 0.330. The van der Waals surface area contributed by atoms with Crippen molar-refractivity contribution in [2.24, 2.45) is 0 Å². The molecule has 128 valence electrons. The first kappa shape index (κ1) is 16.6. The Labute approximate surface area is 139 Å². The highest BCUT2D eigenvalue weighted by molar-refractivity contribution is 7.88. The molecule has 1 aromatic carbocycles. The lowest BCUT2D eigenvalue weighted by Gasteiger charge is -2.33. The number of benzene rings is 1. The third-order valence-electron chi connectivity index (χ3n) is 4.10. The van der Waals surface area contributed by atoms with E-state index in [1.807, 2.05) is 0 Å². The van der Waals surface area contributed by atoms with Crippen molar-refractivity contribution < 1.29 is 13.2 Å². The smallest absolute Gasteiger partial charge is 0.261 e. The molecule has 3 rings (SSSR count). The maximum atomic E-state index is 12.4. The van der Waals surface area contributed by atoms with Crippen LogP contribution in [0.2, 0.25) is 0 Å². The summed E-state index contributed by atoms with van der Waals surface area (Å²) >= 11 is 0. The monoisotopic (exact) mass is 350 g/mol. The Morgan fingerprint density at radius 1 is 1.17 bits per heavy atom. The lowest BCUT2D eigenvalue weighted by Crippen LogP contribution is -2.51. The molecule has 0 saturated carbocycles. The van der Waals surface area contributed by atoms with Gasteiger partial charge in [-0.15, -0.1) is 0 Å². The average Bonchev–Trinajstić information content (AvgIpc) is 2.57. The largest absolute Gasteiger partial charge is 0.338 e. The lowest BCUT2D eigenvalue weighted by molar-refractivity contribution is -0.133. The summed E-state index contributed by atoms with van der Waals surface area (Å²) in [5.74, 6) is -0.220. The summed E-state index contributed by atoms with van der Waals surface area (Å²) in [7, 11) is -3.23. The summed E-state index contributed by atoms with van der Waals surface area (Å²) in [5, 5.41) is 0.467. The number of fused-ring (bicyclic) bond motifs is 1. The number of hydrogen-bond donors (Lipinski definition) is 0. The zero-order valence-corrected chi connectivity index (χ0v) is 14.1. The molecule has 0 unspecified atom stereocenters. The summed E-state index contributed by atoms with van der Waals surface area (Å²) in [6, 6.07) is 6.97. The molecule has 1 amide bonds. The van der Waals surface area contributed by atoms with Gasteiger partial charge in [-0.1, -0.05) is 12.1 Å². The van der Waals surface area contributed by atoms with Crippen LogP contribution in [0.5, 0.6) is 0 Å². The van der Waals surface area contributed by atoms with Crippen molar-refractivity contribution in [3.63, 3.8) is 0 Å². The van der Waals surface area contributed by atoms with Crippen molar-refractivity contribution in [1.82, 2.24) is 18.8 Å². The molecule has 0 radical (unpaired) electrons. The van der Waals surface area contributed by atoms with Crippen LogP contribution in [0.4, 0.5) is 0 Å². The first-order valence-electron chi connectivity index (χ1n) is 7.53. The van der Waals surface area contributed by atoms with Crippen molar-refractivity contribution in [3.05, 3.63) is 40.9 Å². The van der Waals surface area contributed by atoms with Crippen LogP contribution in [-0.4, -0.2) is 65.5 Å². The minimum absolute atomic E-state index is 0.102. The number of carbonyl (C=O) groups is 1. The fourth-order valence-electron chi connectivity index (χ4n) is 2.73.